The van der Waals surface area contributed by atoms with E-state index < -0.39 is 0 Å². The quantitative estimate of drug-likeness (QED) is 0.687. The number of nitrogens with one attached hydrogen (secondary N) is 2. The summed E-state index contributed by atoms with van der Waals surface area (Å²) in [6, 6.07) is 6.02. The number of fused-ring (bicyclic) bond motifs is 1. The minimum atomic E-state index is -0.296. The molecule has 5 heteroatoms. The van der Waals surface area contributed by atoms with E-state index in [4.69, 9.17) is 5.73 Å². The predicted molar refractivity (Wildman–Crippen MR) is 92.2 cm³/mol. The molecule has 1 aliphatic rings. The van der Waals surface area contributed by atoms with E-state index in [1.807, 2.05) is 26.0 Å². The van der Waals surface area contributed by atoms with Gasteiger partial charge in [0.15, 0.2) is 0 Å². The van der Waals surface area contributed by atoms with Crippen molar-refractivity contribution in [2.75, 3.05) is 11.9 Å². The molecule has 0 fully saturated rings. The molecule has 1 heterocycles. The first-order valence-corrected chi connectivity index (χ1v) is 8.43. The SMILES string of the molecule is CCC(N)(CC)CNC(=O)CCCc1ccc2c(c1)CC(=O)N2. The van der Waals surface area contributed by atoms with Crippen LogP contribution in [0.2, 0.25) is 0 Å². The number of benzene rings is 1. The van der Waals surface area contributed by atoms with Crippen molar-refractivity contribution in [3.05, 3.63) is 29.3 Å². The minimum Gasteiger partial charge on any atom is -0.354 e. The van der Waals surface area contributed by atoms with Crippen molar-refractivity contribution in [2.24, 2.45) is 5.73 Å². The van der Waals surface area contributed by atoms with Gasteiger partial charge in [0.1, 0.15) is 0 Å². The molecule has 0 spiro atoms. The van der Waals surface area contributed by atoms with Crippen LogP contribution in [0.5, 0.6) is 0 Å². The van der Waals surface area contributed by atoms with E-state index in [1.54, 1.807) is 0 Å². The molecule has 2 amide bonds. The molecule has 23 heavy (non-hydrogen) atoms. The Hall–Kier alpha value is -1.88. The van der Waals surface area contributed by atoms with Gasteiger partial charge in [-0.1, -0.05) is 26.0 Å². The van der Waals surface area contributed by atoms with Crippen LogP contribution in [-0.4, -0.2) is 23.9 Å². The average Bonchev–Trinajstić information content (AvgIpc) is 2.92. The van der Waals surface area contributed by atoms with Crippen LogP contribution in [0.4, 0.5) is 5.69 Å². The zero-order valence-corrected chi connectivity index (χ0v) is 14.1. The van der Waals surface area contributed by atoms with Crippen LogP contribution in [0.3, 0.4) is 0 Å². The third kappa shape index (κ3) is 4.79. The van der Waals surface area contributed by atoms with E-state index in [2.05, 4.69) is 16.7 Å². The van der Waals surface area contributed by atoms with Gasteiger partial charge < -0.3 is 16.4 Å². The second-order valence-electron chi connectivity index (χ2n) is 6.42. The highest BCUT2D eigenvalue weighted by Crippen LogP contribution is 2.24. The van der Waals surface area contributed by atoms with Gasteiger partial charge in [-0.3, -0.25) is 9.59 Å². The molecule has 0 unspecified atom stereocenters. The zero-order valence-electron chi connectivity index (χ0n) is 14.1. The second kappa shape index (κ2) is 7.59. The van der Waals surface area contributed by atoms with E-state index >= 15 is 0 Å². The standard InChI is InChI=1S/C18H27N3O2/c1-3-18(19,4-2)12-20-16(22)7-5-6-13-8-9-15-14(10-13)11-17(23)21-15/h8-10H,3-7,11-12,19H2,1-2H3,(H,20,22)(H,21,23). The van der Waals surface area contributed by atoms with Crippen molar-refractivity contribution in [2.45, 2.75) is 57.9 Å². The number of nitrogens with two attached hydrogens (primary N) is 1. The average molecular weight is 317 g/mol. The van der Waals surface area contributed by atoms with E-state index in [0.29, 0.717) is 19.4 Å². The molecule has 0 saturated carbocycles. The molecule has 0 bridgehead atoms. The molecule has 4 N–H and O–H groups in total. The van der Waals surface area contributed by atoms with Crippen molar-refractivity contribution in [3.63, 3.8) is 0 Å². The molecule has 0 saturated heterocycles. The number of carbonyl (C=O) groups excluding carboxylic acids is 2. The Morgan fingerprint density at radius 1 is 1.35 bits per heavy atom. The highest BCUT2D eigenvalue weighted by molar-refractivity contribution is 5.99. The third-order valence-electron chi connectivity index (χ3n) is 4.71. The van der Waals surface area contributed by atoms with Crippen molar-refractivity contribution < 1.29 is 9.59 Å². The molecule has 1 aromatic carbocycles. The van der Waals surface area contributed by atoms with Crippen molar-refractivity contribution in [1.29, 1.82) is 0 Å². The fraction of sp³-hybridized carbons (Fsp3) is 0.556. The second-order valence-corrected chi connectivity index (χ2v) is 6.42. The van der Waals surface area contributed by atoms with Crippen LogP contribution >= 0.6 is 0 Å². The topological polar surface area (TPSA) is 84.2 Å². The predicted octanol–water partition coefficient (Wildman–Crippen LogP) is 2.14. The van der Waals surface area contributed by atoms with Gasteiger partial charge in [-0.2, -0.15) is 0 Å². The molecule has 0 aliphatic carbocycles. The lowest BCUT2D eigenvalue weighted by Crippen LogP contribution is -2.49. The molecule has 1 aliphatic heterocycles. The smallest absolute Gasteiger partial charge is 0.228 e. The van der Waals surface area contributed by atoms with E-state index in [9.17, 15) is 9.59 Å². The molecule has 5 nitrogen and oxygen atoms in total. The van der Waals surface area contributed by atoms with Crippen LogP contribution in [0.1, 0.15) is 50.7 Å². The van der Waals surface area contributed by atoms with Gasteiger partial charge in [0.05, 0.1) is 6.42 Å². The maximum atomic E-state index is 11.9. The van der Waals surface area contributed by atoms with Gasteiger partial charge in [-0.05, 0) is 42.9 Å². The fourth-order valence-electron chi connectivity index (χ4n) is 2.75. The molecule has 1 aromatic rings. The molecule has 0 atom stereocenters. The van der Waals surface area contributed by atoms with Crippen molar-refractivity contribution in [1.82, 2.24) is 5.32 Å². The van der Waals surface area contributed by atoms with Gasteiger partial charge in [0.25, 0.3) is 0 Å². The first-order valence-electron chi connectivity index (χ1n) is 8.43. The molecule has 0 radical (unpaired) electrons. The highest BCUT2D eigenvalue weighted by Gasteiger charge is 2.21. The van der Waals surface area contributed by atoms with Crippen LogP contribution in [0.15, 0.2) is 18.2 Å². The minimum absolute atomic E-state index is 0.0497. The lowest BCUT2D eigenvalue weighted by atomic mass is 9.94. The lowest BCUT2D eigenvalue weighted by molar-refractivity contribution is -0.121. The number of anilines is 1. The normalized spacial score (nSPS) is 13.6. The van der Waals surface area contributed by atoms with E-state index in [1.165, 1.54) is 5.56 Å². The monoisotopic (exact) mass is 317 g/mol. The van der Waals surface area contributed by atoms with Gasteiger partial charge in [0.2, 0.25) is 11.8 Å². The number of hydrogen-bond acceptors (Lipinski definition) is 3. The van der Waals surface area contributed by atoms with Gasteiger partial charge in [0, 0.05) is 24.2 Å². The Labute approximate surface area is 138 Å². The van der Waals surface area contributed by atoms with Gasteiger partial charge >= 0.3 is 0 Å². The summed E-state index contributed by atoms with van der Waals surface area (Å²) in [5.41, 5.74) is 9.02. The molecule has 0 aromatic heterocycles. The Morgan fingerprint density at radius 2 is 2.09 bits per heavy atom. The third-order valence-corrected chi connectivity index (χ3v) is 4.71. The fourth-order valence-corrected chi connectivity index (χ4v) is 2.75. The zero-order chi connectivity index (χ0) is 16.9. The Kier molecular flexibility index (Phi) is 5.77. The summed E-state index contributed by atoms with van der Waals surface area (Å²) in [5, 5.41) is 5.77. The number of amides is 2. The maximum Gasteiger partial charge on any atom is 0.228 e. The van der Waals surface area contributed by atoms with Crippen molar-refractivity contribution >= 4 is 17.5 Å². The van der Waals surface area contributed by atoms with E-state index in [-0.39, 0.29) is 17.4 Å². The molecular formula is C18H27N3O2. The van der Waals surface area contributed by atoms with Crippen LogP contribution in [0, 0.1) is 0 Å². The number of rotatable bonds is 8. The Balaban J connectivity index is 1.74. The Bertz CT molecular complexity index is 580. The first-order chi connectivity index (χ1) is 11.0. The summed E-state index contributed by atoms with van der Waals surface area (Å²) in [6.45, 7) is 4.62. The molecular weight excluding hydrogens is 290 g/mol. The summed E-state index contributed by atoms with van der Waals surface area (Å²) in [4.78, 5) is 23.3. The molecule has 2 rings (SSSR count). The summed E-state index contributed by atoms with van der Waals surface area (Å²) < 4.78 is 0. The molecule has 126 valence electrons. The highest BCUT2D eigenvalue weighted by atomic mass is 16.2. The number of hydrogen-bond donors (Lipinski definition) is 3. The van der Waals surface area contributed by atoms with Crippen molar-refractivity contribution in [3.8, 4) is 0 Å². The summed E-state index contributed by atoms with van der Waals surface area (Å²) >= 11 is 0. The summed E-state index contributed by atoms with van der Waals surface area (Å²) in [5.74, 6) is 0.105. The summed E-state index contributed by atoms with van der Waals surface area (Å²) in [6.07, 6.45) is 4.29. The maximum absolute atomic E-state index is 11.9. The van der Waals surface area contributed by atoms with Crippen LogP contribution < -0.4 is 16.4 Å². The number of aryl methyl sites for hydroxylation is 1. The van der Waals surface area contributed by atoms with Crippen LogP contribution in [0.25, 0.3) is 0 Å². The Morgan fingerprint density at radius 3 is 2.78 bits per heavy atom. The van der Waals surface area contributed by atoms with Gasteiger partial charge in [-0.15, -0.1) is 0 Å². The first kappa shape index (κ1) is 17.5. The lowest BCUT2D eigenvalue weighted by Gasteiger charge is -2.26. The largest absolute Gasteiger partial charge is 0.354 e. The number of carbonyl (C=O) groups is 2. The summed E-state index contributed by atoms with van der Waals surface area (Å²) in [7, 11) is 0. The van der Waals surface area contributed by atoms with Gasteiger partial charge in [-0.25, -0.2) is 0 Å². The van der Waals surface area contributed by atoms with Crippen LogP contribution in [-0.2, 0) is 22.4 Å². The van der Waals surface area contributed by atoms with E-state index in [0.717, 1.165) is 36.9 Å².